The summed E-state index contributed by atoms with van der Waals surface area (Å²) in [7, 11) is -2.57. The molecular formula is C29H34FN7O4S. The SMILES string of the molecule is CC(C)N(C)S(=O)(=O)c1cc(F)ccc1Oc1cncnc1N1CCC2(CCC(Cc3ccc4[nH]c(=O)[nH]c4c3)C2)N1. The molecule has 2 aromatic carbocycles. The molecule has 3 N–H and O–H groups in total. The molecule has 2 fully saturated rings. The summed E-state index contributed by atoms with van der Waals surface area (Å²) in [6, 6.07) is 9.17. The highest BCUT2D eigenvalue weighted by molar-refractivity contribution is 7.89. The molecular weight excluding hydrogens is 561 g/mol. The monoisotopic (exact) mass is 595 g/mol. The molecule has 42 heavy (non-hydrogen) atoms. The van der Waals surface area contributed by atoms with Crippen LogP contribution in [-0.4, -0.2) is 57.8 Å². The summed E-state index contributed by atoms with van der Waals surface area (Å²) in [5, 5.41) is 1.94. The molecule has 1 saturated carbocycles. The number of nitrogens with one attached hydrogen (secondary N) is 3. The van der Waals surface area contributed by atoms with Crippen molar-refractivity contribution in [1.82, 2.24) is 29.7 Å². The summed E-state index contributed by atoms with van der Waals surface area (Å²) in [5.74, 6) is 0.544. The number of nitrogens with zero attached hydrogens (tertiary/aromatic N) is 4. The Morgan fingerprint density at radius 2 is 1.95 bits per heavy atom. The lowest BCUT2D eigenvalue weighted by Crippen LogP contribution is -2.44. The number of hydrogen-bond acceptors (Lipinski definition) is 8. The molecule has 6 rings (SSSR count). The van der Waals surface area contributed by atoms with Crippen LogP contribution in [0.2, 0.25) is 0 Å². The molecule has 0 amide bonds. The summed E-state index contributed by atoms with van der Waals surface area (Å²) in [4.78, 5) is 25.6. The quantitative estimate of drug-likeness (QED) is 0.277. The van der Waals surface area contributed by atoms with Crippen molar-refractivity contribution in [2.75, 3.05) is 18.6 Å². The molecule has 2 unspecified atom stereocenters. The van der Waals surface area contributed by atoms with Crippen LogP contribution < -0.4 is 20.9 Å². The summed E-state index contributed by atoms with van der Waals surface area (Å²) in [5.41, 5.74) is 6.19. The molecule has 11 nitrogen and oxygen atoms in total. The lowest BCUT2D eigenvalue weighted by atomic mass is 9.91. The molecule has 1 saturated heterocycles. The van der Waals surface area contributed by atoms with Crippen molar-refractivity contribution in [2.45, 2.75) is 62.4 Å². The van der Waals surface area contributed by atoms with E-state index >= 15 is 0 Å². The number of fused-ring (bicyclic) bond motifs is 1. The molecule has 2 aliphatic rings. The molecule has 1 aliphatic carbocycles. The standard InChI is InChI=1S/C29H34FN7O4S/c1-18(2)36(3)42(39,40)26-14-21(30)5-7-24(26)41-25-16-31-17-32-27(25)37-11-10-29(35-37)9-8-20(15-29)12-19-4-6-22-23(13-19)34-28(38)33-22/h4-7,13-14,16-18,20,35H,8-12,15H2,1-3H3,(H2,33,34,38). The first-order valence-electron chi connectivity index (χ1n) is 14.0. The lowest BCUT2D eigenvalue weighted by Gasteiger charge is -2.27. The van der Waals surface area contributed by atoms with E-state index in [0.29, 0.717) is 18.3 Å². The Balaban J connectivity index is 1.19. The predicted octanol–water partition coefficient (Wildman–Crippen LogP) is 4.10. The Labute approximate surface area is 243 Å². The first-order valence-corrected chi connectivity index (χ1v) is 15.5. The van der Waals surface area contributed by atoms with Crippen molar-refractivity contribution < 1.29 is 17.5 Å². The maximum Gasteiger partial charge on any atom is 0.323 e. The summed E-state index contributed by atoms with van der Waals surface area (Å²) < 4.78 is 48.1. The first-order chi connectivity index (χ1) is 20.0. The normalized spacial score (nSPS) is 20.9. The lowest BCUT2D eigenvalue weighted by molar-refractivity contribution is 0.362. The van der Waals surface area contributed by atoms with E-state index in [0.717, 1.165) is 49.2 Å². The second-order valence-corrected chi connectivity index (χ2v) is 13.6. The van der Waals surface area contributed by atoms with Crippen LogP contribution in [-0.2, 0) is 16.4 Å². The fourth-order valence-corrected chi connectivity index (χ4v) is 7.56. The molecule has 4 aromatic rings. The number of imidazole rings is 1. The van der Waals surface area contributed by atoms with Gasteiger partial charge in [0.1, 0.15) is 22.8 Å². The summed E-state index contributed by atoms with van der Waals surface area (Å²) in [6.07, 6.45) is 7.78. The third-order valence-electron chi connectivity index (χ3n) is 8.43. The van der Waals surface area contributed by atoms with Crippen LogP contribution in [0.4, 0.5) is 10.2 Å². The van der Waals surface area contributed by atoms with Gasteiger partial charge in [0.05, 0.1) is 17.2 Å². The topological polar surface area (TPSA) is 136 Å². The number of halogens is 1. The van der Waals surface area contributed by atoms with E-state index in [9.17, 15) is 17.6 Å². The van der Waals surface area contributed by atoms with Crippen LogP contribution in [0.25, 0.3) is 11.0 Å². The second kappa shape index (κ2) is 10.8. The number of H-pyrrole nitrogens is 2. The number of sulfonamides is 1. The van der Waals surface area contributed by atoms with Gasteiger partial charge in [0, 0.05) is 25.2 Å². The van der Waals surface area contributed by atoms with Gasteiger partial charge in [-0.15, -0.1) is 0 Å². The van der Waals surface area contributed by atoms with Crippen LogP contribution in [0.3, 0.4) is 0 Å². The molecule has 1 spiro atoms. The van der Waals surface area contributed by atoms with Gasteiger partial charge in [0.25, 0.3) is 0 Å². The molecule has 222 valence electrons. The van der Waals surface area contributed by atoms with Crippen LogP contribution in [0.5, 0.6) is 11.5 Å². The minimum absolute atomic E-state index is 0.00414. The van der Waals surface area contributed by atoms with Gasteiger partial charge < -0.3 is 14.7 Å². The van der Waals surface area contributed by atoms with Gasteiger partial charge in [-0.3, -0.25) is 5.01 Å². The Hall–Kier alpha value is -3.81. The average molecular weight is 596 g/mol. The van der Waals surface area contributed by atoms with Gasteiger partial charge in [-0.2, -0.15) is 4.31 Å². The van der Waals surface area contributed by atoms with Crippen molar-refractivity contribution in [2.24, 2.45) is 5.92 Å². The van der Waals surface area contributed by atoms with Crippen molar-refractivity contribution in [1.29, 1.82) is 0 Å². The van der Waals surface area contributed by atoms with Crippen LogP contribution in [0.15, 0.2) is 58.6 Å². The van der Waals surface area contributed by atoms with Crippen LogP contribution in [0, 0.1) is 11.7 Å². The Kier molecular flexibility index (Phi) is 7.27. The average Bonchev–Trinajstić information content (AvgIpc) is 3.67. The number of aromatic nitrogens is 4. The molecule has 2 atom stereocenters. The maximum absolute atomic E-state index is 14.2. The number of rotatable bonds is 8. The molecule has 3 heterocycles. The fraction of sp³-hybridized carbons (Fsp3) is 0.414. The van der Waals surface area contributed by atoms with Crippen molar-refractivity contribution in [3.05, 3.63) is 70.8 Å². The smallest absolute Gasteiger partial charge is 0.323 e. The highest BCUT2D eigenvalue weighted by Gasteiger charge is 2.44. The number of benzene rings is 2. The van der Waals surface area contributed by atoms with E-state index in [1.807, 2.05) is 17.1 Å². The zero-order valence-electron chi connectivity index (χ0n) is 23.7. The van der Waals surface area contributed by atoms with E-state index in [-0.39, 0.29) is 33.7 Å². The molecule has 2 aromatic heterocycles. The minimum atomic E-state index is -4.03. The van der Waals surface area contributed by atoms with E-state index in [4.69, 9.17) is 4.74 Å². The van der Waals surface area contributed by atoms with Gasteiger partial charge >= 0.3 is 5.69 Å². The third kappa shape index (κ3) is 5.39. The number of hydrogen-bond donors (Lipinski definition) is 3. The van der Waals surface area contributed by atoms with Crippen molar-refractivity contribution in [3.63, 3.8) is 0 Å². The fourth-order valence-electron chi connectivity index (χ4n) is 6.07. The van der Waals surface area contributed by atoms with Gasteiger partial charge in [0.2, 0.25) is 10.0 Å². The van der Waals surface area contributed by atoms with E-state index in [2.05, 4.69) is 31.4 Å². The minimum Gasteiger partial charge on any atom is -0.450 e. The summed E-state index contributed by atoms with van der Waals surface area (Å²) >= 11 is 0. The van der Waals surface area contributed by atoms with E-state index in [1.54, 1.807) is 13.8 Å². The molecule has 1 aliphatic heterocycles. The van der Waals surface area contributed by atoms with Crippen LogP contribution >= 0.6 is 0 Å². The zero-order valence-corrected chi connectivity index (χ0v) is 24.5. The number of anilines is 1. The third-order valence-corrected chi connectivity index (χ3v) is 10.5. The Bertz CT molecular complexity index is 1790. The highest BCUT2D eigenvalue weighted by Crippen LogP contribution is 2.43. The van der Waals surface area contributed by atoms with E-state index < -0.39 is 15.8 Å². The zero-order chi connectivity index (χ0) is 29.6. The Morgan fingerprint density at radius 3 is 2.76 bits per heavy atom. The number of ether oxygens (including phenoxy) is 1. The maximum atomic E-state index is 14.2. The largest absolute Gasteiger partial charge is 0.450 e. The number of hydrazine groups is 1. The van der Waals surface area contributed by atoms with Crippen molar-refractivity contribution >= 4 is 26.9 Å². The second-order valence-electron chi connectivity index (χ2n) is 11.6. The van der Waals surface area contributed by atoms with Gasteiger partial charge in [-0.1, -0.05) is 6.07 Å². The molecule has 0 radical (unpaired) electrons. The van der Waals surface area contributed by atoms with Gasteiger partial charge in [-0.25, -0.2) is 33.0 Å². The van der Waals surface area contributed by atoms with Gasteiger partial charge in [0.15, 0.2) is 11.6 Å². The number of aromatic amines is 2. The van der Waals surface area contributed by atoms with E-state index in [1.165, 1.54) is 41.6 Å². The summed E-state index contributed by atoms with van der Waals surface area (Å²) in [6.45, 7) is 4.17. The Morgan fingerprint density at radius 1 is 1.14 bits per heavy atom. The molecule has 13 heteroatoms. The highest BCUT2D eigenvalue weighted by atomic mass is 32.2. The van der Waals surface area contributed by atoms with Gasteiger partial charge in [-0.05, 0) is 87.8 Å². The van der Waals surface area contributed by atoms with Crippen LogP contribution in [0.1, 0.15) is 45.1 Å². The molecule has 0 bridgehead atoms. The van der Waals surface area contributed by atoms with Crippen molar-refractivity contribution in [3.8, 4) is 11.5 Å². The predicted molar refractivity (Wildman–Crippen MR) is 156 cm³/mol. The first kappa shape index (κ1) is 28.3.